The molecule has 0 aliphatic rings. The van der Waals surface area contributed by atoms with Crippen molar-refractivity contribution in [2.45, 2.75) is 40.2 Å². The van der Waals surface area contributed by atoms with Crippen molar-refractivity contribution in [3.8, 4) is 17.0 Å². The fraction of sp³-hybridized carbons (Fsp3) is 0.421. The predicted octanol–water partition coefficient (Wildman–Crippen LogP) is 4.54. The van der Waals surface area contributed by atoms with E-state index in [4.69, 9.17) is 4.74 Å². The van der Waals surface area contributed by atoms with Crippen LogP contribution in [0, 0.1) is 11.2 Å². The molecule has 1 heterocycles. The molecule has 1 aromatic heterocycles. The maximum absolute atomic E-state index is 14.3. The molecule has 0 aliphatic heterocycles. The zero-order chi connectivity index (χ0) is 17.2. The van der Waals surface area contributed by atoms with Gasteiger partial charge in [-0.1, -0.05) is 45.9 Å². The summed E-state index contributed by atoms with van der Waals surface area (Å²) < 4.78 is 19.4. The molecule has 23 heavy (non-hydrogen) atoms. The number of rotatable bonds is 4. The third kappa shape index (κ3) is 3.70. The first kappa shape index (κ1) is 17.4. The summed E-state index contributed by atoms with van der Waals surface area (Å²) >= 11 is 0. The normalized spacial score (nSPS) is 13.0. The lowest BCUT2D eigenvalue weighted by atomic mass is 9.81. The lowest BCUT2D eigenvalue weighted by molar-refractivity contribution is 0.0631. The molecule has 2 rings (SSSR count). The predicted molar refractivity (Wildman–Crippen MR) is 90.0 cm³/mol. The highest BCUT2D eigenvalue weighted by Crippen LogP contribution is 2.39. The maximum Gasteiger partial charge on any atom is 0.213 e. The summed E-state index contributed by atoms with van der Waals surface area (Å²) in [6.07, 6.45) is 1.30. The first-order valence-electron chi connectivity index (χ1n) is 7.78. The number of aromatic nitrogens is 1. The van der Waals surface area contributed by atoms with E-state index >= 15 is 0 Å². The molecule has 4 heteroatoms. The van der Waals surface area contributed by atoms with Gasteiger partial charge >= 0.3 is 0 Å². The van der Waals surface area contributed by atoms with Gasteiger partial charge in [-0.2, -0.15) is 0 Å². The molecule has 3 nitrogen and oxygen atoms in total. The van der Waals surface area contributed by atoms with Crippen LogP contribution in [0.25, 0.3) is 11.1 Å². The van der Waals surface area contributed by atoms with E-state index in [0.717, 1.165) is 23.7 Å². The largest absolute Gasteiger partial charge is 0.481 e. The molecule has 0 fully saturated rings. The van der Waals surface area contributed by atoms with Crippen LogP contribution in [0.2, 0.25) is 0 Å². The van der Waals surface area contributed by atoms with Gasteiger partial charge in [0, 0.05) is 11.6 Å². The van der Waals surface area contributed by atoms with E-state index in [9.17, 15) is 9.50 Å². The van der Waals surface area contributed by atoms with E-state index in [1.54, 1.807) is 6.07 Å². The molecule has 0 spiro atoms. The summed E-state index contributed by atoms with van der Waals surface area (Å²) in [6.45, 7) is 7.94. The molecule has 0 aliphatic carbocycles. The fourth-order valence-electron chi connectivity index (χ4n) is 2.51. The van der Waals surface area contributed by atoms with Crippen molar-refractivity contribution in [1.82, 2.24) is 4.98 Å². The fourth-order valence-corrected chi connectivity index (χ4v) is 2.51. The minimum atomic E-state index is -0.706. The van der Waals surface area contributed by atoms with E-state index < -0.39 is 11.9 Å². The molecule has 0 bridgehead atoms. The van der Waals surface area contributed by atoms with Gasteiger partial charge in [-0.05, 0) is 28.5 Å². The number of hydrogen-bond acceptors (Lipinski definition) is 3. The second kappa shape index (κ2) is 6.67. The van der Waals surface area contributed by atoms with E-state index in [2.05, 4.69) is 11.9 Å². The lowest BCUT2D eigenvalue weighted by Gasteiger charge is -2.28. The number of ether oxygens (including phenoxy) is 1. The summed E-state index contributed by atoms with van der Waals surface area (Å²) in [5.74, 6) is -0.0884. The van der Waals surface area contributed by atoms with Crippen molar-refractivity contribution in [2.24, 2.45) is 5.41 Å². The van der Waals surface area contributed by atoms with Crippen LogP contribution < -0.4 is 4.74 Å². The standard InChI is InChI=1S/C19H24FNO2/c1-6-12-7-8-13(15(9-12)18(22)19(2,3)4)14-10-17(23-5)21-11-16(14)20/h7-11,18,22H,6H2,1-5H3/t18-/m0/s1. The minimum absolute atomic E-state index is 0.345. The Morgan fingerprint density at radius 1 is 1.22 bits per heavy atom. The topological polar surface area (TPSA) is 42.4 Å². The van der Waals surface area contributed by atoms with E-state index in [-0.39, 0.29) is 5.41 Å². The number of methoxy groups -OCH3 is 1. The van der Waals surface area contributed by atoms with Crippen LogP contribution in [0.1, 0.15) is 44.9 Å². The number of halogens is 1. The Kier molecular flexibility index (Phi) is 5.05. The van der Waals surface area contributed by atoms with Crippen LogP contribution in [-0.2, 0) is 6.42 Å². The number of aryl methyl sites for hydroxylation is 1. The Balaban J connectivity index is 2.67. The molecule has 2 aromatic rings. The van der Waals surface area contributed by atoms with E-state index in [1.807, 2.05) is 39.0 Å². The summed E-state index contributed by atoms with van der Waals surface area (Å²) in [7, 11) is 1.50. The molecular weight excluding hydrogens is 293 g/mol. The molecule has 0 saturated carbocycles. The highest BCUT2D eigenvalue weighted by molar-refractivity contribution is 5.69. The van der Waals surface area contributed by atoms with Gasteiger partial charge in [0.25, 0.3) is 0 Å². The summed E-state index contributed by atoms with van der Waals surface area (Å²) in [5, 5.41) is 10.8. The van der Waals surface area contributed by atoms with Gasteiger partial charge in [-0.3, -0.25) is 0 Å². The SMILES string of the molecule is CCc1ccc(-c2cc(OC)ncc2F)c([C@H](O)C(C)(C)C)c1. The molecule has 1 atom stereocenters. The zero-order valence-corrected chi connectivity index (χ0v) is 14.4. The number of benzene rings is 1. The van der Waals surface area contributed by atoms with Crippen molar-refractivity contribution < 1.29 is 14.2 Å². The van der Waals surface area contributed by atoms with E-state index in [0.29, 0.717) is 17.0 Å². The number of aliphatic hydroxyl groups is 1. The van der Waals surface area contributed by atoms with Crippen molar-refractivity contribution >= 4 is 0 Å². The summed E-state index contributed by atoms with van der Waals surface area (Å²) in [4.78, 5) is 3.88. The van der Waals surface area contributed by atoms with Crippen molar-refractivity contribution in [1.29, 1.82) is 0 Å². The average Bonchev–Trinajstić information content (AvgIpc) is 2.53. The minimum Gasteiger partial charge on any atom is -0.481 e. The third-order valence-corrected chi connectivity index (χ3v) is 3.97. The lowest BCUT2D eigenvalue weighted by Crippen LogP contribution is -2.19. The Labute approximate surface area is 137 Å². The first-order valence-corrected chi connectivity index (χ1v) is 7.78. The second-order valence-electron chi connectivity index (χ2n) is 6.75. The van der Waals surface area contributed by atoms with Gasteiger partial charge in [0.1, 0.15) is 5.82 Å². The molecule has 124 valence electrons. The number of aliphatic hydroxyl groups excluding tert-OH is 1. The first-order chi connectivity index (χ1) is 10.8. The monoisotopic (exact) mass is 317 g/mol. The van der Waals surface area contributed by atoms with Gasteiger partial charge in [-0.25, -0.2) is 9.37 Å². The number of pyridine rings is 1. The smallest absolute Gasteiger partial charge is 0.213 e. The molecule has 0 amide bonds. The van der Waals surface area contributed by atoms with Gasteiger partial charge in [-0.15, -0.1) is 0 Å². The Morgan fingerprint density at radius 2 is 1.91 bits per heavy atom. The van der Waals surface area contributed by atoms with Gasteiger partial charge in [0.05, 0.1) is 19.4 Å². The van der Waals surface area contributed by atoms with Crippen molar-refractivity contribution in [3.05, 3.63) is 47.4 Å². The Hall–Kier alpha value is -1.94. The van der Waals surface area contributed by atoms with Crippen LogP contribution in [0.15, 0.2) is 30.5 Å². The molecule has 1 N–H and O–H groups in total. The molecular formula is C19H24FNO2. The summed E-state index contributed by atoms with van der Waals surface area (Å²) in [6, 6.07) is 7.34. The average molecular weight is 317 g/mol. The van der Waals surface area contributed by atoms with Crippen LogP contribution in [0.5, 0.6) is 5.88 Å². The van der Waals surface area contributed by atoms with Crippen molar-refractivity contribution in [3.63, 3.8) is 0 Å². The van der Waals surface area contributed by atoms with Gasteiger partial charge < -0.3 is 9.84 Å². The van der Waals surface area contributed by atoms with Crippen LogP contribution >= 0.6 is 0 Å². The molecule has 0 unspecified atom stereocenters. The Morgan fingerprint density at radius 3 is 2.48 bits per heavy atom. The summed E-state index contributed by atoms with van der Waals surface area (Å²) in [5.41, 5.74) is 2.53. The molecule has 1 aromatic carbocycles. The molecule has 0 saturated heterocycles. The highest BCUT2D eigenvalue weighted by Gasteiger charge is 2.27. The van der Waals surface area contributed by atoms with Gasteiger partial charge in [0.15, 0.2) is 0 Å². The Bertz CT molecular complexity index is 692. The van der Waals surface area contributed by atoms with Crippen LogP contribution in [-0.4, -0.2) is 17.2 Å². The third-order valence-electron chi connectivity index (χ3n) is 3.97. The quantitative estimate of drug-likeness (QED) is 0.900. The maximum atomic E-state index is 14.3. The number of nitrogens with zero attached hydrogens (tertiary/aromatic N) is 1. The highest BCUT2D eigenvalue weighted by atomic mass is 19.1. The van der Waals surface area contributed by atoms with Crippen molar-refractivity contribution in [2.75, 3.05) is 7.11 Å². The second-order valence-corrected chi connectivity index (χ2v) is 6.75. The van der Waals surface area contributed by atoms with Gasteiger partial charge in [0.2, 0.25) is 5.88 Å². The zero-order valence-electron chi connectivity index (χ0n) is 14.4. The van der Waals surface area contributed by atoms with Crippen LogP contribution in [0.4, 0.5) is 4.39 Å². The van der Waals surface area contributed by atoms with E-state index in [1.165, 1.54) is 7.11 Å². The number of hydrogen-bond donors (Lipinski definition) is 1. The van der Waals surface area contributed by atoms with Crippen LogP contribution in [0.3, 0.4) is 0 Å². The molecule has 0 radical (unpaired) electrons.